The van der Waals surface area contributed by atoms with Crippen molar-refractivity contribution in [1.29, 1.82) is 0 Å². The van der Waals surface area contributed by atoms with Gasteiger partial charge in [0.1, 0.15) is 11.5 Å². The SMILES string of the molecule is COc1ccc(-c2c(C(F)(F)F)noc2-c2ccc(O)cc2O)cc1OC. The molecule has 1 heterocycles. The number of phenols is 2. The van der Waals surface area contributed by atoms with Crippen molar-refractivity contribution < 1.29 is 37.4 Å². The van der Waals surface area contributed by atoms with E-state index in [9.17, 15) is 23.4 Å². The molecule has 6 nitrogen and oxygen atoms in total. The third-order valence-electron chi connectivity index (χ3n) is 3.86. The van der Waals surface area contributed by atoms with Crippen molar-refractivity contribution in [2.75, 3.05) is 14.2 Å². The van der Waals surface area contributed by atoms with Gasteiger partial charge in [0.25, 0.3) is 0 Å². The minimum atomic E-state index is -4.79. The van der Waals surface area contributed by atoms with E-state index in [1.54, 1.807) is 0 Å². The topological polar surface area (TPSA) is 85.0 Å². The molecule has 2 aromatic carbocycles. The lowest BCUT2D eigenvalue weighted by Gasteiger charge is -2.12. The molecule has 0 spiro atoms. The molecule has 27 heavy (non-hydrogen) atoms. The first-order chi connectivity index (χ1) is 12.8. The maximum atomic E-state index is 13.5. The summed E-state index contributed by atoms with van der Waals surface area (Å²) in [5.41, 5.74) is -1.58. The number of methoxy groups -OCH3 is 2. The van der Waals surface area contributed by atoms with Gasteiger partial charge in [-0.1, -0.05) is 11.2 Å². The maximum Gasteiger partial charge on any atom is 0.437 e. The van der Waals surface area contributed by atoms with E-state index >= 15 is 0 Å². The van der Waals surface area contributed by atoms with Crippen LogP contribution in [0.4, 0.5) is 13.2 Å². The van der Waals surface area contributed by atoms with Gasteiger partial charge in [-0.3, -0.25) is 0 Å². The van der Waals surface area contributed by atoms with E-state index in [0.717, 1.165) is 6.07 Å². The first kappa shape index (κ1) is 18.4. The molecule has 0 fully saturated rings. The Morgan fingerprint density at radius 2 is 1.67 bits per heavy atom. The Labute approximate surface area is 151 Å². The van der Waals surface area contributed by atoms with E-state index < -0.39 is 17.6 Å². The zero-order valence-corrected chi connectivity index (χ0v) is 14.2. The number of hydrogen-bond acceptors (Lipinski definition) is 6. The molecule has 0 bridgehead atoms. The predicted octanol–water partition coefficient (Wildman–Crippen LogP) is 4.46. The second kappa shape index (κ2) is 6.75. The number of alkyl halides is 3. The fourth-order valence-electron chi connectivity index (χ4n) is 2.64. The number of rotatable bonds is 4. The normalized spacial score (nSPS) is 11.4. The molecule has 3 aromatic rings. The fourth-order valence-corrected chi connectivity index (χ4v) is 2.64. The molecule has 0 radical (unpaired) electrons. The number of aromatic nitrogens is 1. The quantitative estimate of drug-likeness (QED) is 0.694. The van der Waals surface area contributed by atoms with Crippen LogP contribution in [0.1, 0.15) is 5.69 Å². The Kier molecular flexibility index (Phi) is 4.61. The summed E-state index contributed by atoms with van der Waals surface area (Å²) in [4.78, 5) is 0. The maximum absolute atomic E-state index is 13.5. The third kappa shape index (κ3) is 3.35. The van der Waals surface area contributed by atoms with E-state index in [-0.39, 0.29) is 33.9 Å². The number of nitrogens with zero attached hydrogens (tertiary/aromatic N) is 1. The summed E-state index contributed by atoms with van der Waals surface area (Å²) < 4.78 is 55.6. The second-order valence-electron chi connectivity index (χ2n) is 5.50. The first-order valence-electron chi connectivity index (χ1n) is 7.58. The molecule has 0 amide bonds. The molecule has 0 aliphatic carbocycles. The van der Waals surface area contributed by atoms with Crippen LogP contribution in [0.3, 0.4) is 0 Å². The lowest BCUT2D eigenvalue weighted by molar-refractivity contribution is -0.142. The van der Waals surface area contributed by atoms with Gasteiger partial charge < -0.3 is 24.2 Å². The lowest BCUT2D eigenvalue weighted by atomic mass is 9.98. The van der Waals surface area contributed by atoms with Gasteiger partial charge in [0.2, 0.25) is 0 Å². The van der Waals surface area contributed by atoms with Crippen LogP contribution in [0.5, 0.6) is 23.0 Å². The van der Waals surface area contributed by atoms with Crippen molar-refractivity contribution in [1.82, 2.24) is 5.16 Å². The van der Waals surface area contributed by atoms with Crippen LogP contribution in [0.25, 0.3) is 22.5 Å². The number of ether oxygens (including phenoxy) is 2. The Hall–Kier alpha value is -3.36. The van der Waals surface area contributed by atoms with E-state index in [0.29, 0.717) is 5.75 Å². The van der Waals surface area contributed by atoms with Crippen molar-refractivity contribution in [3.63, 3.8) is 0 Å². The summed E-state index contributed by atoms with van der Waals surface area (Å²) in [5, 5.41) is 22.6. The van der Waals surface area contributed by atoms with Crippen molar-refractivity contribution >= 4 is 0 Å². The van der Waals surface area contributed by atoms with E-state index in [4.69, 9.17) is 14.0 Å². The van der Waals surface area contributed by atoms with Gasteiger partial charge in [-0.05, 0) is 29.8 Å². The fraction of sp³-hybridized carbons (Fsp3) is 0.167. The number of benzene rings is 2. The van der Waals surface area contributed by atoms with Crippen LogP contribution in [-0.4, -0.2) is 29.6 Å². The predicted molar refractivity (Wildman–Crippen MR) is 88.8 cm³/mol. The molecule has 0 saturated heterocycles. The van der Waals surface area contributed by atoms with Gasteiger partial charge in [-0.2, -0.15) is 13.2 Å². The molecule has 9 heteroatoms. The van der Waals surface area contributed by atoms with Gasteiger partial charge >= 0.3 is 6.18 Å². The van der Waals surface area contributed by atoms with Gasteiger partial charge in [0.15, 0.2) is 23.0 Å². The molecule has 3 rings (SSSR count). The average Bonchev–Trinajstić information content (AvgIpc) is 3.06. The summed E-state index contributed by atoms with van der Waals surface area (Å²) in [5.74, 6) is -0.460. The first-order valence-corrected chi connectivity index (χ1v) is 7.58. The molecule has 142 valence electrons. The molecule has 0 aliphatic rings. The second-order valence-corrected chi connectivity index (χ2v) is 5.50. The number of phenolic OH excluding ortho intramolecular Hbond substituents is 2. The van der Waals surface area contributed by atoms with Crippen LogP contribution in [0.2, 0.25) is 0 Å². The number of halogens is 3. The molecule has 0 aliphatic heterocycles. The highest BCUT2D eigenvalue weighted by Gasteiger charge is 2.40. The summed E-state index contributed by atoms with van der Waals surface area (Å²) >= 11 is 0. The monoisotopic (exact) mass is 381 g/mol. The Morgan fingerprint density at radius 1 is 0.963 bits per heavy atom. The number of hydrogen-bond donors (Lipinski definition) is 2. The summed E-state index contributed by atoms with van der Waals surface area (Å²) in [6.07, 6.45) is -4.79. The molecule has 0 saturated carbocycles. The van der Waals surface area contributed by atoms with Gasteiger partial charge in [-0.15, -0.1) is 0 Å². The molecule has 0 atom stereocenters. The molecule has 2 N–H and O–H groups in total. The summed E-state index contributed by atoms with van der Waals surface area (Å²) in [6, 6.07) is 7.62. The van der Waals surface area contributed by atoms with Crippen molar-refractivity contribution in [2.45, 2.75) is 6.18 Å². The largest absolute Gasteiger partial charge is 0.508 e. The van der Waals surface area contributed by atoms with E-state index in [2.05, 4.69) is 5.16 Å². The highest BCUT2D eigenvalue weighted by Crippen LogP contribution is 2.46. The van der Waals surface area contributed by atoms with Gasteiger partial charge in [0.05, 0.1) is 25.3 Å². The van der Waals surface area contributed by atoms with Gasteiger partial charge in [-0.25, -0.2) is 0 Å². The Balaban J connectivity index is 2.28. The van der Waals surface area contributed by atoms with Crippen LogP contribution >= 0.6 is 0 Å². The van der Waals surface area contributed by atoms with Crippen molar-refractivity contribution in [3.05, 3.63) is 42.1 Å². The standard InChI is InChI=1S/C18H14F3NO5/c1-25-13-6-3-9(7-14(13)26-2)15-16(27-22-17(15)18(19,20)21)11-5-4-10(23)8-12(11)24/h3-8,23-24H,1-2H3. The van der Waals surface area contributed by atoms with Gasteiger partial charge in [0, 0.05) is 6.07 Å². The highest BCUT2D eigenvalue weighted by molar-refractivity contribution is 5.85. The van der Waals surface area contributed by atoms with Crippen LogP contribution in [-0.2, 0) is 6.18 Å². The third-order valence-corrected chi connectivity index (χ3v) is 3.86. The Morgan fingerprint density at radius 3 is 2.26 bits per heavy atom. The zero-order chi connectivity index (χ0) is 19.8. The summed E-state index contributed by atoms with van der Waals surface area (Å²) in [7, 11) is 2.75. The minimum absolute atomic E-state index is 0.0550. The van der Waals surface area contributed by atoms with Crippen LogP contribution in [0.15, 0.2) is 40.9 Å². The van der Waals surface area contributed by atoms with Crippen molar-refractivity contribution in [3.8, 4) is 45.4 Å². The van der Waals surface area contributed by atoms with E-state index in [1.165, 1.54) is 44.6 Å². The number of aromatic hydroxyl groups is 2. The lowest BCUT2D eigenvalue weighted by Crippen LogP contribution is -2.07. The molecule has 1 aromatic heterocycles. The molecular formula is C18H14F3NO5. The van der Waals surface area contributed by atoms with Crippen LogP contribution < -0.4 is 9.47 Å². The van der Waals surface area contributed by atoms with E-state index in [1.807, 2.05) is 0 Å². The molecule has 0 unspecified atom stereocenters. The van der Waals surface area contributed by atoms with Crippen molar-refractivity contribution in [2.24, 2.45) is 0 Å². The molecular weight excluding hydrogens is 367 g/mol. The summed E-state index contributed by atoms with van der Waals surface area (Å²) in [6.45, 7) is 0. The average molecular weight is 381 g/mol. The zero-order valence-electron chi connectivity index (χ0n) is 14.2. The smallest absolute Gasteiger partial charge is 0.437 e. The Bertz CT molecular complexity index is 982. The minimum Gasteiger partial charge on any atom is -0.508 e. The highest BCUT2D eigenvalue weighted by atomic mass is 19.4. The van der Waals surface area contributed by atoms with Crippen LogP contribution in [0, 0.1) is 0 Å².